The van der Waals surface area contributed by atoms with Crippen molar-refractivity contribution in [1.82, 2.24) is 9.97 Å². The number of benzene rings is 2. The second-order valence-corrected chi connectivity index (χ2v) is 4.40. The Balaban J connectivity index is 2.30. The number of nitrogens with zero attached hydrogens (tertiary/aromatic N) is 2. The number of nitrogen functional groups attached to an aromatic ring is 1. The Bertz CT molecular complexity index is 786. The van der Waals surface area contributed by atoms with Crippen LogP contribution in [0.3, 0.4) is 0 Å². The number of hydrogen-bond acceptors (Lipinski definition) is 4. The van der Waals surface area contributed by atoms with Crippen LogP contribution in [-0.2, 0) is 0 Å². The summed E-state index contributed by atoms with van der Waals surface area (Å²) >= 11 is 0. The van der Waals surface area contributed by atoms with Gasteiger partial charge in [0.1, 0.15) is 11.6 Å². The maximum absolute atomic E-state index is 13.9. The van der Waals surface area contributed by atoms with Gasteiger partial charge in [0.2, 0.25) is 0 Å². The number of anilines is 2. The molecule has 3 N–H and O–H groups in total. The molecule has 1 aromatic heterocycles. The first-order valence-corrected chi connectivity index (χ1v) is 6.19. The fourth-order valence-electron chi connectivity index (χ4n) is 2.10. The molecule has 100 valence electrons. The van der Waals surface area contributed by atoms with Gasteiger partial charge in [-0.1, -0.05) is 12.1 Å². The zero-order valence-corrected chi connectivity index (χ0v) is 10.9. The van der Waals surface area contributed by atoms with E-state index < -0.39 is 0 Å². The van der Waals surface area contributed by atoms with Crippen molar-refractivity contribution in [3.63, 3.8) is 0 Å². The van der Waals surface area contributed by atoms with E-state index in [1.165, 1.54) is 6.07 Å². The highest BCUT2D eigenvalue weighted by molar-refractivity contribution is 5.92. The number of aromatic nitrogens is 2. The lowest BCUT2D eigenvalue weighted by Crippen LogP contribution is -2.00. The summed E-state index contributed by atoms with van der Waals surface area (Å²) < 4.78 is 13.9. The fraction of sp³-hybridized carbons (Fsp3) is 0.0667. The molecule has 0 radical (unpaired) electrons. The first kappa shape index (κ1) is 12.3. The van der Waals surface area contributed by atoms with Gasteiger partial charge >= 0.3 is 0 Å². The summed E-state index contributed by atoms with van der Waals surface area (Å²) in [5.41, 5.74) is 7.44. The SMILES string of the molecule is CNc1nc(-c2ccccc2F)nc2cc(N)ccc12. The predicted molar refractivity (Wildman–Crippen MR) is 78.9 cm³/mol. The number of rotatable bonds is 2. The topological polar surface area (TPSA) is 63.8 Å². The van der Waals surface area contributed by atoms with Crippen LogP contribution < -0.4 is 11.1 Å². The highest BCUT2D eigenvalue weighted by atomic mass is 19.1. The van der Waals surface area contributed by atoms with E-state index in [4.69, 9.17) is 5.73 Å². The van der Waals surface area contributed by atoms with E-state index in [0.29, 0.717) is 28.4 Å². The van der Waals surface area contributed by atoms with Crippen LogP contribution >= 0.6 is 0 Å². The van der Waals surface area contributed by atoms with Crippen LogP contribution in [0.2, 0.25) is 0 Å². The maximum Gasteiger partial charge on any atom is 0.165 e. The third-order valence-electron chi connectivity index (χ3n) is 3.07. The fourth-order valence-corrected chi connectivity index (χ4v) is 2.10. The molecule has 20 heavy (non-hydrogen) atoms. The van der Waals surface area contributed by atoms with Gasteiger partial charge in [0.05, 0.1) is 11.1 Å². The van der Waals surface area contributed by atoms with Crippen molar-refractivity contribution in [2.24, 2.45) is 0 Å². The van der Waals surface area contributed by atoms with E-state index in [1.54, 1.807) is 37.4 Å². The van der Waals surface area contributed by atoms with Gasteiger partial charge in [0, 0.05) is 18.1 Å². The second-order valence-electron chi connectivity index (χ2n) is 4.40. The van der Waals surface area contributed by atoms with Crippen molar-refractivity contribution in [3.8, 4) is 11.4 Å². The number of halogens is 1. The van der Waals surface area contributed by atoms with Crippen LogP contribution in [0.25, 0.3) is 22.3 Å². The number of nitrogens with two attached hydrogens (primary N) is 1. The van der Waals surface area contributed by atoms with Crippen molar-refractivity contribution in [1.29, 1.82) is 0 Å². The van der Waals surface area contributed by atoms with Crippen LogP contribution in [0.1, 0.15) is 0 Å². The second kappa shape index (κ2) is 4.77. The maximum atomic E-state index is 13.9. The molecule has 0 aliphatic rings. The first-order chi connectivity index (χ1) is 9.69. The molecule has 0 atom stereocenters. The van der Waals surface area contributed by atoms with E-state index in [2.05, 4.69) is 15.3 Å². The van der Waals surface area contributed by atoms with Crippen molar-refractivity contribution in [2.75, 3.05) is 18.1 Å². The lowest BCUT2D eigenvalue weighted by Gasteiger charge is -2.09. The Hall–Kier alpha value is -2.69. The molecular weight excluding hydrogens is 255 g/mol. The minimum Gasteiger partial charge on any atom is -0.399 e. The average Bonchev–Trinajstić information content (AvgIpc) is 2.46. The molecule has 0 aliphatic carbocycles. The summed E-state index contributed by atoms with van der Waals surface area (Å²) in [6, 6.07) is 11.8. The van der Waals surface area contributed by atoms with Crippen LogP contribution in [0.5, 0.6) is 0 Å². The largest absolute Gasteiger partial charge is 0.399 e. The number of fused-ring (bicyclic) bond motifs is 1. The summed E-state index contributed by atoms with van der Waals surface area (Å²) in [6.07, 6.45) is 0. The molecule has 1 heterocycles. The third kappa shape index (κ3) is 2.03. The molecule has 5 heteroatoms. The quantitative estimate of drug-likeness (QED) is 0.701. The third-order valence-corrected chi connectivity index (χ3v) is 3.07. The molecule has 0 bridgehead atoms. The molecule has 0 saturated heterocycles. The standard InChI is InChI=1S/C15H13FN4/c1-18-14-11-7-6-9(17)8-13(11)19-15(20-14)10-4-2-3-5-12(10)16/h2-8H,17H2,1H3,(H,18,19,20). The van der Waals surface area contributed by atoms with Gasteiger partial charge in [-0.15, -0.1) is 0 Å². The van der Waals surface area contributed by atoms with E-state index in [0.717, 1.165) is 5.39 Å². The van der Waals surface area contributed by atoms with E-state index in [9.17, 15) is 4.39 Å². The van der Waals surface area contributed by atoms with E-state index in [1.807, 2.05) is 6.07 Å². The Morgan fingerprint density at radius 1 is 1.10 bits per heavy atom. The van der Waals surface area contributed by atoms with Gasteiger partial charge in [-0.2, -0.15) is 0 Å². The minimum absolute atomic E-state index is 0.338. The molecule has 0 spiro atoms. The minimum atomic E-state index is -0.349. The summed E-state index contributed by atoms with van der Waals surface area (Å²) in [6.45, 7) is 0. The van der Waals surface area contributed by atoms with Crippen molar-refractivity contribution >= 4 is 22.4 Å². The molecule has 2 aromatic carbocycles. The van der Waals surface area contributed by atoms with Gasteiger partial charge in [0.15, 0.2) is 5.82 Å². The van der Waals surface area contributed by atoms with Gasteiger partial charge in [-0.25, -0.2) is 14.4 Å². The molecule has 0 amide bonds. The van der Waals surface area contributed by atoms with Crippen LogP contribution in [0.4, 0.5) is 15.9 Å². The Morgan fingerprint density at radius 3 is 2.65 bits per heavy atom. The van der Waals surface area contributed by atoms with Crippen molar-refractivity contribution in [2.45, 2.75) is 0 Å². The lowest BCUT2D eigenvalue weighted by molar-refractivity contribution is 0.630. The highest BCUT2D eigenvalue weighted by Crippen LogP contribution is 2.27. The Morgan fingerprint density at radius 2 is 1.90 bits per heavy atom. The van der Waals surface area contributed by atoms with Gasteiger partial charge < -0.3 is 11.1 Å². The van der Waals surface area contributed by atoms with Gasteiger partial charge in [-0.3, -0.25) is 0 Å². The van der Waals surface area contributed by atoms with E-state index >= 15 is 0 Å². The molecule has 0 saturated carbocycles. The first-order valence-electron chi connectivity index (χ1n) is 6.19. The smallest absolute Gasteiger partial charge is 0.165 e. The Labute approximate surface area is 115 Å². The zero-order valence-electron chi connectivity index (χ0n) is 10.9. The normalized spacial score (nSPS) is 10.7. The van der Waals surface area contributed by atoms with Crippen LogP contribution in [0, 0.1) is 5.82 Å². The highest BCUT2D eigenvalue weighted by Gasteiger charge is 2.11. The average molecular weight is 268 g/mol. The molecule has 3 rings (SSSR count). The summed E-state index contributed by atoms with van der Waals surface area (Å²) in [5, 5.41) is 3.85. The monoisotopic (exact) mass is 268 g/mol. The number of nitrogens with one attached hydrogen (secondary N) is 1. The van der Waals surface area contributed by atoms with Gasteiger partial charge in [-0.05, 0) is 30.3 Å². The summed E-state index contributed by atoms with van der Waals surface area (Å²) in [7, 11) is 1.77. The zero-order chi connectivity index (χ0) is 14.1. The van der Waals surface area contributed by atoms with Crippen molar-refractivity contribution in [3.05, 3.63) is 48.3 Å². The molecular formula is C15H13FN4. The predicted octanol–water partition coefficient (Wildman–Crippen LogP) is 3.06. The molecule has 4 nitrogen and oxygen atoms in total. The van der Waals surface area contributed by atoms with E-state index in [-0.39, 0.29) is 5.82 Å². The van der Waals surface area contributed by atoms with Crippen molar-refractivity contribution < 1.29 is 4.39 Å². The molecule has 0 fully saturated rings. The summed E-state index contributed by atoms with van der Waals surface area (Å²) in [4.78, 5) is 8.78. The summed E-state index contributed by atoms with van der Waals surface area (Å²) in [5.74, 6) is 0.636. The molecule has 0 aliphatic heterocycles. The van der Waals surface area contributed by atoms with Crippen LogP contribution in [-0.4, -0.2) is 17.0 Å². The Kier molecular flexibility index (Phi) is 2.95. The molecule has 3 aromatic rings. The molecule has 0 unspecified atom stereocenters. The number of hydrogen-bond donors (Lipinski definition) is 2. The van der Waals surface area contributed by atoms with Crippen LogP contribution in [0.15, 0.2) is 42.5 Å². The lowest BCUT2D eigenvalue weighted by atomic mass is 10.1. The van der Waals surface area contributed by atoms with Gasteiger partial charge in [0.25, 0.3) is 0 Å².